The van der Waals surface area contributed by atoms with Gasteiger partial charge in [-0.15, -0.1) is 0 Å². The van der Waals surface area contributed by atoms with Crippen LogP contribution in [0.5, 0.6) is 5.75 Å². The van der Waals surface area contributed by atoms with E-state index in [0.717, 1.165) is 22.8 Å². The fourth-order valence-electron chi connectivity index (χ4n) is 1.36. The standard InChI is InChI=1S/C12H11ClO2/c1-8-11(13)7-12(15-8)9-3-5-10(14-2)6-4-9/h3-7H,1-2H3. The Labute approximate surface area is 93.4 Å². The van der Waals surface area contributed by atoms with Crippen LogP contribution < -0.4 is 4.74 Å². The van der Waals surface area contributed by atoms with Gasteiger partial charge in [0.2, 0.25) is 0 Å². The van der Waals surface area contributed by atoms with Gasteiger partial charge in [-0.1, -0.05) is 11.6 Å². The number of halogens is 1. The minimum Gasteiger partial charge on any atom is -0.497 e. The van der Waals surface area contributed by atoms with Crippen molar-refractivity contribution in [2.45, 2.75) is 6.92 Å². The second kappa shape index (κ2) is 3.99. The summed E-state index contributed by atoms with van der Waals surface area (Å²) in [7, 11) is 1.64. The summed E-state index contributed by atoms with van der Waals surface area (Å²) < 4.78 is 10.6. The van der Waals surface area contributed by atoms with Crippen molar-refractivity contribution in [1.82, 2.24) is 0 Å². The molecule has 0 bridgehead atoms. The molecule has 2 nitrogen and oxygen atoms in total. The molecule has 2 aromatic rings. The van der Waals surface area contributed by atoms with E-state index in [4.69, 9.17) is 20.8 Å². The molecule has 1 heterocycles. The minimum absolute atomic E-state index is 0.654. The molecule has 78 valence electrons. The highest BCUT2D eigenvalue weighted by Gasteiger charge is 2.07. The van der Waals surface area contributed by atoms with Crippen LogP contribution in [0.3, 0.4) is 0 Å². The van der Waals surface area contributed by atoms with Crippen LogP contribution in [-0.2, 0) is 0 Å². The fraction of sp³-hybridized carbons (Fsp3) is 0.167. The van der Waals surface area contributed by atoms with Gasteiger partial charge in [-0.3, -0.25) is 0 Å². The number of hydrogen-bond acceptors (Lipinski definition) is 2. The smallest absolute Gasteiger partial charge is 0.135 e. The van der Waals surface area contributed by atoms with Crippen LogP contribution in [0.2, 0.25) is 5.02 Å². The SMILES string of the molecule is COc1ccc(-c2cc(Cl)c(C)o2)cc1. The maximum atomic E-state index is 5.92. The van der Waals surface area contributed by atoms with E-state index in [1.807, 2.05) is 37.3 Å². The van der Waals surface area contributed by atoms with Crippen LogP contribution in [0, 0.1) is 6.92 Å². The Balaban J connectivity index is 2.37. The summed E-state index contributed by atoms with van der Waals surface area (Å²) in [5, 5.41) is 0.654. The van der Waals surface area contributed by atoms with Crippen molar-refractivity contribution in [1.29, 1.82) is 0 Å². The average Bonchev–Trinajstić information content (AvgIpc) is 2.59. The Bertz CT molecular complexity index is 437. The Kier molecular flexibility index (Phi) is 2.69. The van der Waals surface area contributed by atoms with Gasteiger partial charge in [-0.25, -0.2) is 0 Å². The summed E-state index contributed by atoms with van der Waals surface area (Å²) in [6.45, 7) is 1.84. The number of rotatable bonds is 2. The molecule has 0 atom stereocenters. The van der Waals surface area contributed by atoms with Gasteiger partial charge >= 0.3 is 0 Å². The average molecular weight is 223 g/mol. The van der Waals surface area contributed by atoms with Crippen molar-refractivity contribution < 1.29 is 9.15 Å². The maximum absolute atomic E-state index is 5.92. The first-order valence-corrected chi connectivity index (χ1v) is 4.99. The quantitative estimate of drug-likeness (QED) is 0.769. The first kappa shape index (κ1) is 10.1. The largest absolute Gasteiger partial charge is 0.497 e. The molecule has 15 heavy (non-hydrogen) atoms. The number of methoxy groups -OCH3 is 1. The van der Waals surface area contributed by atoms with E-state index in [1.165, 1.54) is 0 Å². The van der Waals surface area contributed by atoms with Crippen LogP contribution in [0.15, 0.2) is 34.7 Å². The summed E-state index contributed by atoms with van der Waals surface area (Å²) >= 11 is 5.92. The van der Waals surface area contributed by atoms with Crippen molar-refractivity contribution in [3.05, 3.63) is 41.1 Å². The Morgan fingerprint density at radius 2 is 1.87 bits per heavy atom. The molecule has 0 aliphatic rings. The molecule has 0 saturated carbocycles. The highest BCUT2D eigenvalue weighted by molar-refractivity contribution is 6.31. The predicted molar refractivity (Wildman–Crippen MR) is 60.4 cm³/mol. The lowest BCUT2D eigenvalue weighted by molar-refractivity contribution is 0.415. The minimum atomic E-state index is 0.654. The van der Waals surface area contributed by atoms with Crippen molar-refractivity contribution >= 4 is 11.6 Å². The third-order valence-electron chi connectivity index (χ3n) is 2.23. The molecule has 0 N–H and O–H groups in total. The molecular weight excluding hydrogens is 212 g/mol. The molecule has 0 saturated heterocycles. The summed E-state index contributed by atoms with van der Waals surface area (Å²) in [5.74, 6) is 2.34. The maximum Gasteiger partial charge on any atom is 0.135 e. The number of furan rings is 1. The van der Waals surface area contributed by atoms with Crippen LogP contribution in [0.1, 0.15) is 5.76 Å². The van der Waals surface area contributed by atoms with Gasteiger partial charge in [-0.2, -0.15) is 0 Å². The highest BCUT2D eigenvalue weighted by Crippen LogP contribution is 2.29. The number of hydrogen-bond donors (Lipinski definition) is 0. The van der Waals surface area contributed by atoms with E-state index < -0.39 is 0 Å². The van der Waals surface area contributed by atoms with Gasteiger partial charge in [0, 0.05) is 11.6 Å². The zero-order chi connectivity index (χ0) is 10.8. The third kappa shape index (κ3) is 2.00. The highest BCUT2D eigenvalue weighted by atomic mass is 35.5. The molecule has 0 amide bonds. The van der Waals surface area contributed by atoms with E-state index in [2.05, 4.69) is 0 Å². The summed E-state index contributed by atoms with van der Waals surface area (Å²) in [4.78, 5) is 0. The van der Waals surface area contributed by atoms with Crippen LogP contribution >= 0.6 is 11.6 Å². The Morgan fingerprint density at radius 1 is 1.20 bits per heavy atom. The lowest BCUT2D eigenvalue weighted by Crippen LogP contribution is -1.81. The predicted octanol–water partition coefficient (Wildman–Crippen LogP) is 3.92. The van der Waals surface area contributed by atoms with Gasteiger partial charge in [0.25, 0.3) is 0 Å². The number of benzene rings is 1. The van der Waals surface area contributed by atoms with E-state index >= 15 is 0 Å². The lowest BCUT2D eigenvalue weighted by Gasteiger charge is -2.00. The summed E-state index contributed by atoms with van der Waals surface area (Å²) in [6.07, 6.45) is 0. The fourth-order valence-corrected chi connectivity index (χ4v) is 1.50. The first-order valence-electron chi connectivity index (χ1n) is 4.61. The third-order valence-corrected chi connectivity index (χ3v) is 2.61. The number of ether oxygens (including phenoxy) is 1. The van der Waals surface area contributed by atoms with Crippen molar-refractivity contribution in [2.24, 2.45) is 0 Å². The molecule has 1 aromatic carbocycles. The van der Waals surface area contributed by atoms with Crippen molar-refractivity contribution in [3.63, 3.8) is 0 Å². The Morgan fingerprint density at radius 3 is 2.33 bits per heavy atom. The van der Waals surface area contributed by atoms with Crippen LogP contribution in [-0.4, -0.2) is 7.11 Å². The van der Waals surface area contributed by atoms with Crippen molar-refractivity contribution in [3.8, 4) is 17.1 Å². The van der Waals surface area contributed by atoms with Gasteiger partial charge < -0.3 is 9.15 Å². The molecule has 0 fully saturated rings. The van der Waals surface area contributed by atoms with E-state index in [1.54, 1.807) is 7.11 Å². The lowest BCUT2D eigenvalue weighted by atomic mass is 10.2. The molecule has 3 heteroatoms. The summed E-state index contributed by atoms with van der Waals surface area (Å²) in [5.41, 5.74) is 0.991. The Hall–Kier alpha value is -1.41. The number of aryl methyl sites for hydroxylation is 1. The van der Waals surface area contributed by atoms with Gasteiger partial charge in [-0.05, 0) is 31.2 Å². The van der Waals surface area contributed by atoms with Crippen LogP contribution in [0.25, 0.3) is 11.3 Å². The second-order valence-corrected chi connectivity index (χ2v) is 3.65. The van der Waals surface area contributed by atoms with E-state index in [0.29, 0.717) is 5.02 Å². The molecule has 0 spiro atoms. The molecule has 1 aromatic heterocycles. The molecule has 0 aliphatic carbocycles. The molecule has 0 radical (unpaired) electrons. The van der Waals surface area contributed by atoms with Gasteiger partial charge in [0.1, 0.15) is 17.3 Å². The van der Waals surface area contributed by atoms with Crippen LogP contribution in [0.4, 0.5) is 0 Å². The normalized spacial score (nSPS) is 10.3. The second-order valence-electron chi connectivity index (χ2n) is 3.24. The topological polar surface area (TPSA) is 22.4 Å². The zero-order valence-corrected chi connectivity index (χ0v) is 9.34. The van der Waals surface area contributed by atoms with Gasteiger partial charge in [0.05, 0.1) is 12.1 Å². The summed E-state index contributed by atoms with van der Waals surface area (Å²) in [6, 6.07) is 9.47. The van der Waals surface area contributed by atoms with Gasteiger partial charge in [0.15, 0.2) is 0 Å². The monoisotopic (exact) mass is 222 g/mol. The molecule has 2 rings (SSSR count). The van der Waals surface area contributed by atoms with E-state index in [9.17, 15) is 0 Å². The molecule has 0 aliphatic heterocycles. The first-order chi connectivity index (χ1) is 7.20. The molecule has 0 unspecified atom stereocenters. The zero-order valence-electron chi connectivity index (χ0n) is 8.58. The van der Waals surface area contributed by atoms with Crippen molar-refractivity contribution in [2.75, 3.05) is 7.11 Å². The van der Waals surface area contributed by atoms with E-state index in [-0.39, 0.29) is 0 Å². The molecular formula is C12H11ClO2.